The van der Waals surface area contributed by atoms with E-state index in [1.165, 1.54) is 11.8 Å². The fourth-order valence-electron chi connectivity index (χ4n) is 6.36. The highest BCUT2D eigenvalue weighted by Crippen LogP contribution is 2.46. The molecule has 44 heavy (non-hydrogen) atoms. The topological polar surface area (TPSA) is 139 Å². The molecule has 5 heterocycles. The molecule has 1 spiro atoms. The highest BCUT2D eigenvalue weighted by molar-refractivity contribution is 7.99. The minimum Gasteiger partial charge on any atom is -0.383 e. The Bertz CT molecular complexity index is 1450. The number of rotatable bonds is 9. The summed E-state index contributed by atoms with van der Waals surface area (Å²) in [5.74, 6) is 2.88. The molecule has 2 saturated heterocycles. The molecule has 3 aromatic rings. The van der Waals surface area contributed by atoms with Crippen LogP contribution in [-0.4, -0.2) is 101 Å². The standard InChI is InChI=1S/C30H39ClN10O2S/c1-20-21(42)17-30(27(20)32)5-9-40(10-6-30)24-18-36-25(19-35-24)44-22-3-7-33-28(26(22)31)37-23-4-8-34-29(38-23)41-13-11-39(12-14-41)15-16-43-2/h3-4,7-8,18-20,27H,5-6,9-17,32H2,1-2H3,(H,33,34,37,38)/t20-,27+/m1/s1. The molecule has 3 N–H and O–H groups in total. The van der Waals surface area contributed by atoms with E-state index < -0.39 is 0 Å². The molecular formula is C30H39ClN10O2S. The van der Waals surface area contributed by atoms with Gasteiger partial charge in [-0.3, -0.25) is 9.69 Å². The zero-order valence-electron chi connectivity index (χ0n) is 25.2. The minimum atomic E-state index is -0.0764. The molecule has 0 aromatic carbocycles. The Morgan fingerprint density at radius 1 is 1.05 bits per heavy atom. The number of methoxy groups -OCH3 is 1. The number of pyridine rings is 1. The summed E-state index contributed by atoms with van der Waals surface area (Å²) in [5.41, 5.74) is 6.40. The van der Waals surface area contributed by atoms with Crippen LogP contribution < -0.4 is 20.9 Å². The normalized spacial score (nSPS) is 22.1. The molecule has 0 bridgehead atoms. The average molecular weight is 639 g/mol. The number of ether oxygens (including phenoxy) is 1. The van der Waals surface area contributed by atoms with Crippen molar-refractivity contribution < 1.29 is 9.53 Å². The van der Waals surface area contributed by atoms with E-state index in [0.717, 1.165) is 81.0 Å². The summed E-state index contributed by atoms with van der Waals surface area (Å²) in [6, 6.07) is 3.61. The van der Waals surface area contributed by atoms with E-state index >= 15 is 0 Å². The number of nitrogens with one attached hydrogen (secondary N) is 1. The van der Waals surface area contributed by atoms with Gasteiger partial charge >= 0.3 is 0 Å². The number of nitrogens with zero attached hydrogens (tertiary/aromatic N) is 8. The van der Waals surface area contributed by atoms with Gasteiger partial charge in [0.05, 0.1) is 24.0 Å². The third-order valence-corrected chi connectivity index (χ3v) is 10.7. The number of carbonyl (C=O) groups excluding carboxylic acids is 1. The van der Waals surface area contributed by atoms with Gasteiger partial charge in [0.1, 0.15) is 22.4 Å². The molecule has 1 saturated carbocycles. The van der Waals surface area contributed by atoms with E-state index in [4.69, 9.17) is 32.0 Å². The van der Waals surface area contributed by atoms with Crippen LogP contribution in [0.3, 0.4) is 0 Å². The van der Waals surface area contributed by atoms with Crippen molar-refractivity contribution in [3.05, 3.63) is 41.9 Å². The van der Waals surface area contributed by atoms with Gasteiger partial charge < -0.3 is 25.6 Å². The van der Waals surface area contributed by atoms with E-state index in [1.54, 1.807) is 31.9 Å². The summed E-state index contributed by atoms with van der Waals surface area (Å²) >= 11 is 8.22. The zero-order chi connectivity index (χ0) is 30.7. The first-order chi connectivity index (χ1) is 21.3. The highest BCUT2D eigenvalue weighted by atomic mass is 35.5. The van der Waals surface area contributed by atoms with Gasteiger partial charge in [-0.2, -0.15) is 4.98 Å². The number of Topliss-reactive ketones (excluding diaryl/α,β-unsaturated/α-hetero) is 1. The molecule has 0 amide bonds. The molecule has 3 fully saturated rings. The molecule has 6 rings (SSSR count). The van der Waals surface area contributed by atoms with Gasteiger partial charge in [0.2, 0.25) is 5.95 Å². The molecular weight excluding hydrogens is 600 g/mol. The molecule has 3 aromatic heterocycles. The van der Waals surface area contributed by atoms with Crippen molar-refractivity contribution in [2.45, 2.75) is 42.1 Å². The Morgan fingerprint density at radius 2 is 1.82 bits per heavy atom. The van der Waals surface area contributed by atoms with Crippen molar-refractivity contribution in [2.24, 2.45) is 17.1 Å². The molecule has 14 heteroatoms. The van der Waals surface area contributed by atoms with Crippen LogP contribution in [0.2, 0.25) is 5.02 Å². The summed E-state index contributed by atoms with van der Waals surface area (Å²) in [6.07, 6.45) is 9.41. The third kappa shape index (κ3) is 6.62. The number of halogens is 1. The first-order valence-electron chi connectivity index (χ1n) is 15.1. The second-order valence-electron chi connectivity index (χ2n) is 11.8. The van der Waals surface area contributed by atoms with Gasteiger partial charge in [-0.05, 0) is 30.4 Å². The van der Waals surface area contributed by atoms with Crippen LogP contribution >= 0.6 is 23.4 Å². The predicted molar refractivity (Wildman–Crippen MR) is 172 cm³/mol. The van der Waals surface area contributed by atoms with E-state index in [0.29, 0.717) is 34.8 Å². The van der Waals surface area contributed by atoms with Crippen molar-refractivity contribution in [2.75, 3.05) is 74.6 Å². The second kappa shape index (κ2) is 13.5. The number of nitrogens with two attached hydrogens (primary N) is 1. The summed E-state index contributed by atoms with van der Waals surface area (Å²) in [6.45, 7) is 8.84. The Hall–Kier alpha value is -3.10. The van der Waals surface area contributed by atoms with Gasteiger partial charge in [-0.25, -0.2) is 19.9 Å². The molecule has 12 nitrogen and oxygen atoms in total. The fourth-order valence-corrected chi connectivity index (χ4v) is 7.39. The SMILES string of the molecule is COCCN1CCN(c2nccc(Nc3nccc(Sc4cnc(N5CCC6(CC5)CC(=O)[C@@H](C)[C@@H]6N)cn4)c3Cl)n2)CC1. The van der Waals surface area contributed by atoms with E-state index in [2.05, 4.69) is 35.0 Å². The molecule has 0 radical (unpaired) electrons. The first-order valence-corrected chi connectivity index (χ1v) is 16.3. The molecule has 0 unspecified atom stereocenters. The lowest BCUT2D eigenvalue weighted by molar-refractivity contribution is -0.120. The van der Waals surface area contributed by atoms with Crippen molar-refractivity contribution in [3.63, 3.8) is 0 Å². The smallest absolute Gasteiger partial charge is 0.227 e. The predicted octanol–water partition coefficient (Wildman–Crippen LogP) is 3.50. The molecule has 3 aliphatic rings. The van der Waals surface area contributed by atoms with Gasteiger partial charge in [0.15, 0.2) is 5.82 Å². The van der Waals surface area contributed by atoms with Crippen LogP contribution in [0.15, 0.2) is 46.8 Å². The lowest BCUT2D eigenvalue weighted by atomic mass is 9.73. The van der Waals surface area contributed by atoms with Crippen molar-refractivity contribution in [3.8, 4) is 0 Å². The lowest BCUT2D eigenvalue weighted by Gasteiger charge is -2.42. The highest BCUT2D eigenvalue weighted by Gasteiger charge is 2.50. The first kappa shape index (κ1) is 30.9. The largest absolute Gasteiger partial charge is 0.383 e. The number of anilines is 4. The number of piperazine rings is 1. The van der Waals surface area contributed by atoms with Crippen molar-refractivity contribution >= 4 is 52.5 Å². The maximum absolute atomic E-state index is 12.3. The van der Waals surface area contributed by atoms with Crippen molar-refractivity contribution in [1.29, 1.82) is 0 Å². The van der Waals surface area contributed by atoms with Gasteiger partial charge in [0, 0.05) is 88.6 Å². The van der Waals surface area contributed by atoms with E-state index in [9.17, 15) is 4.79 Å². The van der Waals surface area contributed by atoms with Gasteiger partial charge in [-0.15, -0.1) is 0 Å². The molecule has 1 aliphatic carbocycles. The Labute approximate surface area is 267 Å². The zero-order valence-corrected chi connectivity index (χ0v) is 26.7. The molecule has 2 atom stereocenters. The summed E-state index contributed by atoms with van der Waals surface area (Å²) in [4.78, 5) is 42.9. The van der Waals surface area contributed by atoms with Crippen LogP contribution in [0.1, 0.15) is 26.2 Å². The van der Waals surface area contributed by atoms with Crippen molar-refractivity contribution in [1.82, 2.24) is 29.8 Å². The van der Waals surface area contributed by atoms with Gasteiger partial charge in [0.25, 0.3) is 0 Å². The fraction of sp³-hybridized carbons (Fsp3) is 0.533. The molecule has 2 aliphatic heterocycles. The number of hydrogen-bond donors (Lipinski definition) is 2. The summed E-state index contributed by atoms with van der Waals surface area (Å²) in [5, 5.41) is 4.47. The van der Waals surface area contributed by atoms with Crippen LogP contribution in [0.4, 0.5) is 23.4 Å². The lowest BCUT2D eigenvalue weighted by Crippen LogP contribution is -2.48. The number of hydrogen-bond acceptors (Lipinski definition) is 13. The quantitative estimate of drug-likeness (QED) is 0.354. The van der Waals surface area contributed by atoms with Crippen LogP contribution in [0.5, 0.6) is 0 Å². The number of piperidine rings is 1. The maximum atomic E-state index is 12.3. The monoisotopic (exact) mass is 638 g/mol. The third-order valence-electron chi connectivity index (χ3n) is 9.20. The second-order valence-corrected chi connectivity index (χ2v) is 13.2. The van der Waals surface area contributed by atoms with E-state index in [-0.39, 0.29) is 17.4 Å². The van der Waals surface area contributed by atoms with Gasteiger partial charge in [-0.1, -0.05) is 30.3 Å². The summed E-state index contributed by atoms with van der Waals surface area (Å²) < 4.78 is 5.20. The average Bonchev–Trinajstić information content (AvgIpc) is 3.26. The number of aromatic nitrogens is 5. The maximum Gasteiger partial charge on any atom is 0.227 e. The Kier molecular flexibility index (Phi) is 9.48. The van der Waals surface area contributed by atoms with E-state index in [1.807, 2.05) is 19.1 Å². The van der Waals surface area contributed by atoms with Crippen LogP contribution in [0.25, 0.3) is 0 Å². The Balaban J connectivity index is 1.06. The minimum absolute atomic E-state index is 0.0511. The number of carbonyl (C=O) groups is 1. The van der Waals surface area contributed by atoms with Crippen LogP contribution in [-0.2, 0) is 9.53 Å². The Morgan fingerprint density at radius 3 is 2.50 bits per heavy atom. The number of ketones is 1. The summed E-state index contributed by atoms with van der Waals surface area (Å²) in [7, 11) is 1.73. The van der Waals surface area contributed by atoms with Crippen LogP contribution in [0, 0.1) is 11.3 Å². The molecule has 234 valence electrons.